The highest BCUT2D eigenvalue weighted by Crippen LogP contribution is 2.26. The summed E-state index contributed by atoms with van der Waals surface area (Å²) in [5, 5.41) is 15.4. The van der Waals surface area contributed by atoms with Crippen LogP contribution in [-0.4, -0.2) is 48.1 Å². The van der Waals surface area contributed by atoms with Crippen LogP contribution < -0.4 is 10.6 Å². The topological polar surface area (TPSA) is 77.0 Å². The molecule has 1 heterocycles. The van der Waals surface area contributed by atoms with E-state index in [9.17, 15) is 9.90 Å². The lowest BCUT2D eigenvalue weighted by Crippen LogP contribution is -2.40. The smallest absolute Gasteiger partial charge is 0.246 e. The highest BCUT2D eigenvalue weighted by molar-refractivity contribution is 14.0. The van der Waals surface area contributed by atoms with Crippen molar-refractivity contribution in [3.63, 3.8) is 0 Å². The first-order valence-electron chi connectivity index (χ1n) is 9.33. The van der Waals surface area contributed by atoms with Crippen LogP contribution in [0.4, 0.5) is 5.69 Å². The number of likely N-dealkylation sites (tertiary alicyclic amines) is 1. The van der Waals surface area contributed by atoms with Gasteiger partial charge < -0.3 is 20.6 Å². The van der Waals surface area contributed by atoms with Crippen molar-refractivity contribution in [1.82, 2.24) is 10.2 Å². The second-order valence-electron chi connectivity index (χ2n) is 6.61. The fourth-order valence-corrected chi connectivity index (χ4v) is 3.27. The Balaban J connectivity index is 0.00000280. The van der Waals surface area contributed by atoms with Gasteiger partial charge in [0, 0.05) is 31.2 Å². The van der Waals surface area contributed by atoms with Gasteiger partial charge in [0.25, 0.3) is 0 Å². The van der Waals surface area contributed by atoms with Gasteiger partial charge in [0.2, 0.25) is 5.91 Å². The van der Waals surface area contributed by atoms with Crippen molar-refractivity contribution in [3.8, 4) is 5.75 Å². The minimum Gasteiger partial charge on any atom is -0.508 e. The number of hydrogen-bond donors (Lipinski definition) is 3. The van der Waals surface area contributed by atoms with Crippen molar-refractivity contribution in [2.45, 2.75) is 19.3 Å². The summed E-state index contributed by atoms with van der Waals surface area (Å²) < 4.78 is 0. The molecule has 0 saturated carbocycles. The number of anilines is 1. The van der Waals surface area contributed by atoms with E-state index in [1.54, 1.807) is 12.1 Å². The highest BCUT2D eigenvalue weighted by Gasteiger charge is 2.26. The Hall–Kier alpha value is -2.29. The molecule has 0 bridgehead atoms. The van der Waals surface area contributed by atoms with Gasteiger partial charge in [-0.25, -0.2) is 4.99 Å². The molecular weight excluding hydrogens is 467 g/mol. The zero-order valence-electron chi connectivity index (χ0n) is 16.0. The van der Waals surface area contributed by atoms with Crippen LogP contribution in [0, 0.1) is 0 Å². The molecule has 0 aliphatic carbocycles. The van der Waals surface area contributed by atoms with Crippen molar-refractivity contribution in [2.24, 2.45) is 4.99 Å². The monoisotopic (exact) mass is 494 g/mol. The fraction of sp³-hybridized carbons (Fsp3) is 0.333. The number of benzene rings is 2. The third kappa shape index (κ3) is 6.12. The van der Waals surface area contributed by atoms with Crippen molar-refractivity contribution < 1.29 is 9.90 Å². The van der Waals surface area contributed by atoms with E-state index in [4.69, 9.17) is 0 Å². The second-order valence-corrected chi connectivity index (χ2v) is 6.61. The standard InChI is InChI=1S/C21H26N4O2.HI/c1-2-22-21(23-14-20(27)24-18-8-10-19(26)11-9-18)25-13-12-17(15-25)16-6-4-3-5-7-16;/h3-11,17,26H,2,12-15H2,1H3,(H,22,23)(H,24,27);1H. The first-order valence-corrected chi connectivity index (χ1v) is 9.33. The van der Waals surface area contributed by atoms with Gasteiger partial charge in [-0.05, 0) is 43.2 Å². The normalized spacial score (nSPS) is 16.4. The van der Waals surface area contributed by atoms with Crippen LogP contribution in [0.25, 0.3) is 0 Å². The molecule has 6 nitrogen and oxygen atoms in total. The summed E-state index contributed by atoms with van der Waals surface area (Å²) >= 11 is 0. The van der Waals surface area contributed by atoms with E-state index in [0.29, 0.717) is 11.6 Å². The van der Waals surface area contributed by atoms with Crippen molar-refractivity contribution in [1.29, 1.82) is 0 Å². The lowest BCUT2D eigenvalue weighted by atomic mass is 9.99. The van der Waals surface area contributed by atoms with Crippen LogP contribution in [0.5, 0.6) is 5.75 Å². The molecule has 0 spiro atoms. The molecule has 3 N–H and O–H groups in total. The maximum absolute atomic E-state index is 12.2. The molecule has 1 saturated heterocycles. The number of phenolic OH excluding ortho intramolecular Hbond substituents is 1. The van der Waals surface area contributed by atoms with E-state index in [0.717, 1.165) is 32.0 Å². The van der Waals surface area contributed by atoms with E-state index in [-0.39, 0.29) is 42.2 Å². The predicted molar refractivity (Wildman–Crippen MR) is 124 cm³/mol. The van der Waals surface area contributed by atoms with E-state index in [1.165, 1.54) is 17.7 Å². The van der Waals surface area contributed by atoms with Crippen LogP contribution in [0.1, 0.15) is 24.8 Å². The van der Waals surface area contributed by atoms with Crippen LogP contribution >= 0.6 is 24.0 Å². The number of carbonyl (C=O) groups excluding carboxylic acids is 1. The molecule has 1 aliphatic rings. The van der Waals surface area contributed by atoms with Gasteiger partial charge in [0.1, 0.15) is 12.3 Å². The number of aliphatic imine (C=N–C) groups is 1. The number of guanidine groups is 1. The third-order valence-electron chi connectivity index (χ3n) is 4.62. The molecular formula is C21H27IN4O2. The van der Waals surface area contributed by atoms with E-state index in [2.05, 4.69) is 44.8 Å². The van der Waals surface area contributed by atoms with E-state index < -0.39 is 0 Å². The van der Waals surface area contributed by atoms with Crippen molar-refractivity contribution in [2.75, 3.05) is 31.5 Å². The molecule has 2 aromatic carbocycles. The lowest BCUT2D eigenvalue weighted by Gasteiger charge is -2.21. The Labute approximate surface area is 183 Å². The Morgan fingerprint density at radius 2 is 1.89 bits per heavy atom. The largest absolute Gasteiger partial charge is 0.508 e. The quantitative estimate of drug-likeness (QED) is 0.258. The summed E-state index contributed by atoms with van der Waals surface area (Å²) in [6.07, 6.45) is 1.08. The summed E-state index contributed by atoms with van der Waals surface area (Å²) in [4.78, 5) is 18.9. The van der Waals surface area contributed by atoms with Crippen molar-refractivity contribution >= 4 is 41.5 Å². The third-order valence-corrected chi connectivity index (χ3v) is 4.62. The first-order chi connectivity index (χ1) is 13.2. The van der Waals surface area contributed by atoms with Crippen LogP contribution in [0.3, 0.4) is 0 Å². The van der Waals surface area contributed by atoms with Gasteiger partial charge in [-0.3, -0.25) is 4.79 Å². The maximum atomic E-state index is 12.2. The minimum absolute atomic E-state index is 0. The molecule has 1 atom stereocenters. The predicted octanol–water partition coefficient (Wildman–Crippen LogP) is 3.40. The number of nitrogens with zero attached hydrogens (tertiary/aromatic N) is 2. The molecule has 2 aromatic rings. The number of phenols is 1. The molecule has 1 aliphatic heterocycles. The molecule has 1 unspecified atom stereocenters. The first kappa shape index (κ1) is 22.0. The summed E-state index contributed by atoms with van der Waals surface area (Å²) in [6, 6.07) is 16.9. The molecule has 1 fully saturated rings. The summed E-state index contributed by atoms with van der Waals surface area (Å²) in [5.74, 6) is 1.25. The number of rotatable bonds is 5. The maximum Gasteiger partial charge on any atom is 0.246 e. The Bertz CT molecular complexity index is 781. The molecule has 7 heteroatoms. The van der Waals surface area contributed by atoms with Gasteiger partial charge in [-0.1, -0.05) is 30.3 Å². The van der Waals surface area contributed by atoms with Crippen LogP contribution in [0.15, 0.2) is 59.6 Å². The summed E-state index contributed by atoms with van der Waals surface area (Å²) in [6.45, 7) is 4.65. The number of carbonyl (C=O) groups is 1. The second kappa shape index (κ2) is 10.9. The molecule has 28 heavy (non-hydrogen) atoms. The zero-order valence-corrected chi connectivity index (χ0v) is 18.3. The Kier molecular flexibility index (Phi) is 8.56. The summed E-state index contributed by atoms with van der Waals surface area (Å²) in [5.41, 5.74) is 1.99. The van der Waals surface area contributed by atoms with Gasteiger partial charge in [-0.15, -0.1) is 24.0 Å². The Morgan fingerprint density at radius 3 is 2.57 bits per heavy atom. The molecule has 3 rings (SSSR count). The number of nitrogens with one attached hydrogen (secondary N) is 2. The van der Waals surface area contributed by atoms with Crippen molar-refractivity contribution in [3.05, 3.63) is 60.2 Å². The van der Waals surface area contributed by atoms with Gasteiger partial charge in [-0.2, -0.15) is 0 Å². The number of halogens is 1. The van der Waals surface area contributed by atoms with Gasteiger partial charge >= 0.3 is 0 Å². The Morgan fingerprint density at radius 1 is 1.18 bits per heavy atom. The highest BCUT2D eigenvalue weighted by atomic mass is 127. The molecule has 0 radical (unpaired) electrons. The molecule has 150 valence electrons. The SMILES string of the molecule is CCNC(=NCC(=O)Nc1ccc(O)cc1)N1CCC(c2ccccc2)C1.I. The van der Waals surface area contributed by atoms with Gasteiger partial charge in [0.15, 0.2) is 5.96 Å². The van der Waals surface area contributed by atoms with Crippen LogP contribution in [-0.2, 0) is 4.79 Å². The molecule has 0 aromatic heterocycles. The average Bonchev–Trinajstić information content (AvgIpc) is 3.18. The zero-order chi connectivity index (χ0) is 19.1. The number of hydrogen-bond acceptors (Lipinski definition) is 3. The lowest BCUT2D eigenvalue weighted by molar-refractivity contribution is -0.114. The molecule has 1 amide bonds. The van der Waals surface area contributed by atoms with Gasteiger partial charge in [0.05, 0.1) is 0 Å². The minimum atomic E-state index is -0.185. The number of aromatic hydroxyl groups is 1. The summed E-state index contributed by atoms with van der Waals surface area (Å²) in [7, 11) is 0. The average molecular weight is 494 g/mol. The van der Waals surface area contributed by atoms with E-state index in [1.807, 2.05) is 13.0 Å². The number of amides is 1. The van der Waals surface area contributed by atoms with E-state index >= 15 is 0 Å². The van der Waals surface area contributed by atoms with Crippen LogP contribution in [0.2, 0.25) is 0 Å². The fourth-order valence-electron chi connectivity index (χ4n) is 3.27.